The van der Waals surface area contributed by atoms with Crippen LogP contribution in [0.4, 0.5) is 5.69 Å². The van der Waals surface area contributed by atoms with Crippen molar-refractivity contribution >= 4 is 23.5 Å². The van der Waals surface area contributed by atoms with Gasteiger partial charge in [-0.1, -0.05) is 23.8 Å². The molecule has 1 aliphatic heterocycles. The molecule has 108 valence electrons. The van der Waals surface area contributed by atoms with Gasteiger partial charge in [0.2, 0.25) is 11.8 Å². The predicted octanol–water partition coefficient (Wildman–Crippen LogP) is 2.15. The summed E-state index contributed by atoms with van der Waals surface area (Å²) in [7, 11) is 0. The van der Waals surface area contributed by atoms with E-state index in [0.717, 1.165) is 10.5 Å². The molecule has 0 saturated carbocycles. The molecule has 0 spiro atoms. The van der Waals surface area contributed by atoms with Gasteiger partial charge in [0.15, 0.2) is 0 Å². The van der Waals surface area contributed by atoms with Gasteiger partial charge >= 0.3 is 5.97 Å². The normalized spacial score (nSPS) is 24.3. The lowest BCUT2D eigenvalue weighted by molar-refractivity contribution is -0.122. The maximum atomic E-state index is 12.5. The third kappa shape index (κ3) is 2.05. The fourth-order valence-corrected chi connectivity index (χ4v) is 3.05. The van der Waals surface area contributed by atoms with Crippen LogP contribution in [0.2, 0.25) is 0 Å². The molecule has 1 aliphatic carbocycles. The SMILES string of the molecule is Cc1ccc(N2C(=O)C3CC=CCC3C2=O)c(C(=O)O)c1. The number of benzene rings is 1. The minimum absolute atomic E-state index is 0.0108. The Kier molecular flexibility index (Phi) is 3.12. The number of aryl methyl sites for hydroxylation is 1. The Labute approximate surface area is 121 Å². The molecule has 1 aromatic rings. The number of amides is 2. The van der Waals surface area contributed by atoms with Crippen molar-refractivity contribution in [2.75, 3.05) is 4.90 Å². The van der Waals surface area contributed by atoms with Crippen LogP contribution in [0.25, 0.3) is 0 Å². The summed E-state index contributed by atoms with van der Waals surface area (Å²) >= 11 is 0. The summed E-state index contributed by atoms with van der Waals surface area (Å²) in [6.07, 6.45) is 4.90. The average molecular weight is 285 g/mol. The van der Waals surface area contributed by atoms with Crippen molar-refractivity contribution in [2.24, 2.45) is 11.8 Å². The van der Waals surface area contributed by atoms with Gasteiger partial charge in [-0.05, 0) is 31.9 Å². The van der Waals surface area contributed by atoms with E-state index in [9.17, 15) is 19.5 Å². The van der Waals surface area contributed by atoms with Gasteiger partial charge in [-0.2, -0.15) is 0 Å². The van der Waals surface area contributed by atoms with Crippen LogP contribution >= 0.6 is 0 Å². The van der Waals surface area contributed by atoms with E-state index in [1.807, 2.05) is 12.2 Å². The number of fused-ring (bicyclic) bond motifs is 1. The van der Waals surface area contributed by atoms with Crippen molar-refractivity contribution in [3.63, 3.8) is 0 Å². The quantitative estimate of drug-likeness (QED) is 0.667. The van der Waals surface area contributed by atoms with E-state index in [2.05, 4.69) is 0 Å². The first-order valence-corrected chi connectivity index (χ1v) is 6.87. The van der Waals surface area contributed by atoms with Gasteiger partial charge in [-0.3, -0.25) is 9.59 Å². The van der Waals surface area contributed by atoms with E-state index in [-0.39, 0.29) is 34.9 Å². The number of hydrogen-bond donors (Lipinski definition) is 1. The minimum Gasteiger partial charge on any atom is -0.478 e. The maximum Gasteiger partial charge on any atom is 0.337 e. The molecule has 5 nitrogen and oxygen atoms in total. The van der Waals surface area contributed by atoms with Crippen LogP contribution in [0.3, 0.4) is 0 Å². The van der Waals surface area contributed by atoms with Crippen LogP contribution in [0.15, 0.2) is 30.4 Å². The molecule has 2 atom stereocenters. The second-order valence-electron chi connectivity index (χ2n) is 5.49. The Morgan fingerprint density at radius 3 is 2.24 bits per heavy atom. The molecule has 3 rings (SSSR count). The van der Waals surface area contributed by atoms with Gasteiger partial charge in [-0.25, -0.2) is 9.69 Å². The van der Waals surface area contributed by atoms with Gasteiger partial charge in [0.25, 0.3) is 0 Å². The second kappa shape index (κ2) is 4.84. The summed E-state index contributed by atoms with van der Waals surface area (Å²) in [5.74, 6) is -2.43. The molecule has 0 bridgehead atoms. The van der Waals surface area contributed by atoms with Gasteiger partial charge in [0.1, 0.15) is 0 Å². The molecule has 1 saturated heterocycles. The van der Waals surface area contributed by atoms with E-state index in [1.165, 1.54) is 6.07 Å². The molecular weight excluding hydrogens is 270 g/mol. The molecule has 0 radical (unpaired) electrons. The standard InChI is InChI=1S/C16H15NO4/c1-9-6-7-13(12(8-9)16(20)21)17-14(18)10-4-2-3-5-11(10)15(17)19/h2-3,6-8,10-11H,4-5H2,1H3,(H,20,21). The zero-order valence-corrected chi connectivity index (χ0v) is 11.6. The Morgan fingerprint density at radius 1 is 1.14 bits per heavy atom. The number of imide groups is 1. The van der Waals surface area contributed by atoms with E-state index in [1.54, 1.807) is 19.1 Å². The lowest BCUT2D eigenvalue weighted by Gasteiger charge is -2.17. The predicted molar refractivity (Wildman–Crippen MR) is 76.0 cm³/mol. The minimum atomic E-state index is -1.14. The number of rotatable bonds is 2. The molecule has 21 heavy (non-hydrogen) atoms. The Morgan fingerprint density at radius 2 is 1.71 bits per heavy atom. The number of anilines is 1. The van der Waals surface area contributed by atoms with Gasteiger partial charge in [0.05, 0.1) is 23.1 Å². The third-order valence-electron chi connectivity index (χ3n) is 4.13. The summed E-state index contributed by atoms with van der Waals surface area (Å²) in [6, 6.07) is 4.74. The molecule has 1 heterocycles. The Balaban J connectivity index is 2.07. The molecule has 5 heteroatoms. The van der Waals surface area contributed by atoms with Crippen LogP contribution in [0.1, 0.15) is 28.8 Å². The van der Waals surface area contributed by atoms with Crippen molar-refractivity contribution in [1.29, 1.82) is 0 Å². The molecule has 2 unspecified atom stereocenters. The zero-order chi connectivity index (χ0) is 15.1. The van der Waals surface area contributed by atoms with Crippen molar-refractivity contribution in [3.8, 4) is 0 Å². The van der Waals surface area contributed by atoms with Crippen molar-refractivity contribution < 1.29 is 19.5 Å². The number of aromatic carboxylic acids is 1. The fourth-order valence-electron chi connectivity index (χ4n) is 3.05. The van der Waals surface area contributed by atoms with Crippen LogP contribution in [-0.4, -0.2) is 22.9 Å². The van der Waals surface area contributed by atoms with Gasteiger partial charge < -0.3 is 5.11 Å². The highest BCUT2D eigenvalue weighted by Gasteiger charge is 2.48. The van der Waals surface area contributed by atoms with Crippen LogP contribution in [0, 0.1) is 18.8 Å². The average Bonchev–Trinajstić information content (AvgIpc) is 2.72. The lowest BCUT2D eigenvalue weighted by atomic mass is 9.85. The Bertz CT molecular complexity index is 651. The second-order valence-corrected chi connectivity index (χ2v) is 5.49. The summed E-state index contributed by atoms with van der Waals surface area (Å²) in [5.41, 5.74) is 0.940. The molecule has 0 aromatic heterocycles. The highest BCUT2D eigenvalue weighted by atomic mass is 16.4. The van der Waals surface area contributed by atoms with E-state index in [0.29, 0.717) is 12.8 Å². The molecule has 1 N–H and O–H groups in total. The topological polar surface area (TPSA) is 74.7 Å². The smallest absolute Gasteiger partial charge is 0.337 e. The first-order valence-electron chi connectivity index (χ1n) is 6.87. The third-order valence-corrected chi connectivity index (χ3v) is 4.13. The largest absolute Gasteiger partial charge is 0.478 e. The number of nitrogens with zero attached hydrogens (tertiary/aromatic N) is 1. The maximum absolute atomic E-state index is 12.5. The number of carbonyl (C=O) groups excluding carboxylic acids is 2. The summed E-state index contributed by atoms with van der Waals surface area (Å²) in [6.45, 7) is 1.77. The molecule has 1 aromatic carbocycles. The summed E-state index contributed by atoms with van der Waals surface area (Å²) in [5, 5.41) is 9.32. The number of hydrogen-bond acceptors (Lipinski definition) is 3. The van der Waals surface area contributed by atoms with Crippen molar-refractivity contribution in [2.45, 2.75) is 19.8 Å². The molecular formula is C16H15NO4. The zero-order valence-electron chi connectivity index (χ0n) is 11.6. The summed E-state index contributed by atoms with van der Waals surface area (Å²) in [4.78, 5) is 37.4. The first kappa shape index (κ1) is 13.5. The van der Waals surface area contributed by atoms with Crippen LogP contribution < -0.4 is 4.90 Å². The number of carboxylic acid groups (broad SMARTS) is 1. The van der Waals surface area contributed by atoms with Crippen LogP contribution in [-0.2, 0) is 9.59 Å². The number of carbonyl (C=O) groups is 3. The number of allylic oxidation sites excluding steroid dienone is 2. The summed E-state index contributed by atoms with van der Waals surface area (Å²) < 4.78 is 0. The molecule has 1 fully saturated rings. The first-order chi connectivity index (χ1) is 10.0. The van der Waals surface area contributed by atoms with E-state index in [4.69, 9.17) is 0 Å². The van der Waals surface area contributed by atoms with Gasteiger partial charge in [0, 0.05) is 0 Å². The van der Waals surface area contributed by atoms with Crippen molar-refractivity contribution in [1.82, 2.24) is 0 Å². The van der Waals surface area contributed by atoms with Crippen molar-refractivity contribution in [3.05, 3.63) is 41.5 Å². The number of carboxylic acids is 1. The molecule has 2 aliphatic rings. The Hall–Kier alpha value is -2.43. The highest BCUT2D eigenvalue weighted by molar-refractivity contribution is 6.24. The van der Waals surface area contributed by atoms with Gasteiger partial charge in [-0.15, -0.1) is 0 Å². The molecule has 2 amide bonds. The lowest BCUT2D eigenvalue weighted by Crippen LogP contribution is -2.32. The highest BCUT2D eigenvalue weighted by Crippen LogP contribution is 2.38. The van der Waals surface area contributed by atoms with E-state index < -0.39 is 5.97 Å². The van der Waals surface area contributed by atoms with E-state index >= 15 is 0 Å². The monoisotopic (exact) mass is 285 g/mol. The van der Waals surface area contributed by atoms with Crippen LogP contribution in [0.5, 0.6) is 0 Å². The fraction of sp³-hybridized carbons (Fsp3) is 0.312.